The number of aliphatic carboxylic acids is 1. The van der Waals surface area contributed by atoms with Crippen molar-refractivity contribution in [3.05, 3.63) is 65.2 Å². The number of carboxylic acids is 1. The Balaban J connectivity index is 2.09. The molecule has 0 unspecified atom stereocenters. The second kappa shape index (κ2) is 6.93. The third-order valence-electron chi connectivity index (χ3n) is 3.38. The molecule has 2 rings (SSSR count). The van der Waals surface area contributed by atoms with E-state index in [1.165, 1.54) is 5.56 Å². The van der Waals surface area contributed by atoms with Gasteiger partial charge in [0.05, 0.1) is 6.42 Å². The predicted molar refractivity (Wildman–Crippen MR) is 82.6 cm³/mol. The van der Waals surface area contributed by atoms with Gasteiger partial charge in [0.25, 0.3) is 0 Å². The first-order chi connectivity index (χ1) is 10.1. The van der Waals surface area contributed by atoms with Crippen LogP contribution in [0.2, 0.25) is 0 Å². The van der Waals surface area contributed by atoms with Gasteiger partial charge in [0, 0.05) is 0 Å². The standard InChI is InChI=1S/C18H20O3/c1-13(2)14-8-5-9-17(10-14)21-12-16-7-4-3-6-15(16)11-18(19)20/h3-10,13H,11-12H2,1-2H3,(H,19,20). The molecule has 0 radical (unpaired) electrons. The van der Waals surface area contributed by atoms with Gasteiger partial charge in [-0.1, -0.05) is 50.2 Å². The molecule has 0 amide bonds. The van der Waals surface area contributed by atoms with Crippen molar-refractivity contribution >= 4 is 5.97 Å². The van der Waals surface area contributed by atoms with Crippen molar-refractivity contribution in [2.24, 2.45) is 0 Å². The lowest BCUT2D eigenvalue weighted by molar-refractivity contribution is -0.136. The van der Waals surface area contributed by atoms with Crippen LogP contribution < -0.4 is 4.74 Å². The number of rotatable bonds is 6. The van der Waals surface area contributed by atoms with Gasteiger partial charge in [-0.15, -0.1) is 0 Å². The molecule has 3 heteroatoms. The van der Waals surface area contributed by atoms with Gasteiger partial charge in [-0.2, -0.15) is 0 Å². The second-order valence-corrected chi connectivity index (χ2v) is 5.36. The number of carbonyl (C=O) groups is 1. The number of carboxylic acid groups (broad SMARTS) is 1. The summed E-state index contributed by atoms with van der Waals surface area (Å²) in [6.07, 6.45) is 0.0194. The number of benzene rings is 2. The van der Waals surface area contributed by atoms with Crippen molar-refractivity contribution in [1.29, 1.82) is 0 Å². The fourth-order valence-electron chi connectivity index (χ4n) is 2.16. The Bertz CT molecular complexity index is 617. The predicted octanol–water partition coefficient (Wildman–Crippen LogP) is 4.02. The van der Waals surface area contributed by atoms with Crippen LogP contribution in [0.15, 0.2) is 48.5 Å². The molecule has 110 valence electrons. The van der Waals surface area contributed by atoms with Crippen LogP contribution in [0.3, 0.4) is 0 Å². The molecule has 0 aliphatic heterocycles. The lowest BCUT2D eigenvalue weighted by Gasteiger charge is -2.12. The topological polar surface area (TPSA) is 46.5 Å². The summed E-state index contributed by atoms with van der Waals surface area (Å²) >= 11 is 0. The Morgan fingerprint density at radius 1 is 1.10 bits per heavy atom. The van der Waals surface area contributed by atoms with E-state index < -0.39 is 5.97 Å². The van der Waals surface area contributed by atoms with E-state index in [-0.39, 0.29) is 6.42 Å². The summed E-state index contributed by atoms with van der Waals surface area (Å²) < 4.78 is 5.81. The molecule has 0 heterocycles. The van der Waals surface area contributed by atoms with Gasteiger partial charge in [-0.25, -0.2) is 0 Å². The molecule has 1 N–H and O–H groups in total. The maximum Gasteiger partial charge on any atom is 0.307 e. The quantitative estimate of drug-likeness (QED) is 0.871. The molecule has 2 aromatic carbocycles. The summed E-state index contributed by atoms with van der Waals surface area (Å²) in [6, 6.07) is 15.5. The first kappa shape index (κ1) is 15.1. The fourth-order valence-corrected chi connectivity index (χ4v) is 2.16. The van der Waals surface area contributed by atoms with E-state index in [0.717, 1.165) is 16.9 Å². The largest absolute Gasteiger partial charge is 0.489 e. The molecule has 0 bridgehead atoms. The molecular weight excluding hydrogens is 264 g/mol. The lowest BCUT2D eigenvalue weighted by Crippen LogP contribution is -2.06. The SMILES string of the molecule is CC(C)c1cccc(OCc2ccccc2CC(=O)O)c1. The molecule has 0 saturated carbocycles. The normalized spacial score (nSPS) is 10.6. The van der Waals surface area contributed by atoms with Crippen LogP contribution in [0, 0.1) is 0 Å². The van der Waals surface area contributed by atoms with Gasteiger partial charge in [-0.05, 0) is 34.7 Å². The zero-order valence-electron chi connectivity index (χ0n) is 12.4. The molecule has 0 spiro atoms. The highest BCUT2D eigenvalue weighted by molar-refractivity contribution is 5.70. The van der Waals surface area contributed by atoms with Gasteiger partial charge in [0.15, 0.2) is 0 Å². The highest BCUT2D eigenvalue weighted by atomic mass is 16.5. The first-order valence-electron chi connectivity index (χ1n) is 7.07. The summed E-state index contributed by atoms with van der Waals surface area (Å²) in [5.74, 6) is 0.434. The van der Waals surface area contributed by atoms with Crippen molar-refractivity contribution in [1.82, 2.24) is 0 Å². The van der Waals surface area contributed by atoms with Crippen LogP contribution in [-0.4, -0.2) is 11.1 Å². The summed E-state index contributed by atoms with van der Waals surface area (Å²) in [5, 5.41) is 8.93. The Hall–Kier alpha value is -2.29. The molecule has 3 nitrogen and oxygen atoms in total. The smallest absolute Gasteiger partial charge is 0.307 e. The first-order valence-corrected chi connectivity index (χ1v) is 7.07. The molecule has 2 aromatic rings. The molecule has 21 heavy (non-hydrogen) atoms. The number of hydrogen-bond acceptors (Lipinski definition) is 2. The summed E-state index contributed by atoms with van der Waals surface area (Å²) in [7, 11) is 0. The van der Waals surface area contributed by atoms with Crippen molar-refractivity contribution < 1.29 is 14.6 Å². The van der Waals surface area contributed by atoms with Crippen LogP contribution in [0.4, 0.5) is 0 Å². The molecule has 0 aliphatic rings. The van der Waals surface area contributed by atoms with Gasteiger partial charge in [0.1, 0.15) is 12.4 Å². The van der Waals surface area contributed by atoms with Crippen LogP contribution in [0.25, 0.3) is 0 Å². The van der Waals surface area contributed by atoms with Crippen molar-refractivity contribution in [2.75, 3.05) is 0 Å². The summed E-state index contributed by atoms with van der Waals surface area (Å²) in [6.45, 7) is 4.66. The minimum Gasteiger partial charge on any atom is -0.489 e. The van der Waals surface area contributed by atoms with E-state index in [1.54, 1.807) is 0 Å². The maximum absolute atomic E-state index is 10.9. The van der Waals surface area contributed by atoms with E-state index in [2.05, 4.69) is 19.9 Å². The fraction of sp³-hybridized carbons (Fsp3) is 0.278. The van der Waals surface area contributed by atoms with E-state index in [9.17, 15) is 4.79 Å². The van der Waals surface area contributed by atoms with Gasteiger partial charge in [-0.3, -0.25) is 4.79 Å². The van der Waals surface area contributed by atoms with Gasteiger partial charge < -0.3 is 9.84 Å². The third-order valence-corrected chi connectivity index (χ3v) is 3.38. The molecule has 0 saturated heterocycles. The van der Waals surface area contributed by atoms with Crippen LogP contribution in [0.5, 0.6) is 5.75 Å². The maximum atomic E-state index is 10.9. The Kier molecular flexibility index (Phi) is 4.99. The number of hydrogen-bond donors (Lipinski definition) is 1. The Morgan fingerprint density at radius 3 is 2.48 bits per heavy atom. The Morgan fingerprint density at radius 2 is 1.81 bits per heavy atom. The monoisotopic (exact) mass is 284 g/mol. The van der Waals surface area contributed by atoms with Crippen LogP contribution in [0.1, 0.15) is 36.5 Å². The zero-order chi connectivity index (χ0) is 15.2. The van der Waals surface area contributed by atoms with Crippen molar-refractivity contribution in [2.45, 2.75) is 32.8 Å². The van der Waals surface area contributed by atoms with Crippen molar-refractivity contribution in [3.8, 4) is 5.75 Å². The lowest BCUT2D eigenvalue weighted by atomic mass is 10.0. The van der Waals surface area contributed by atoms with Gasteiger partial charge in [0.2, 0.25) is 0 Å². The molecule has 0 atom stereocenters. The average molecular weight is 284 g/mol. The highest BCUT2D eigenvalue weighted by Crippen LogP contribution is 2.21. The molecule has 0 aliphatic carbocycles. The minimum absolute atomic E-state index is 0.0194. The second-order valence-electron chi connectivity index (χ2n) is 5.36. The van der Waals surface area contributed by atoms with Crippen LogP contribution >= 0.6 is 0 Å². The highest BCUT2D eigenvalue weighted by Gasteiger charge is 2.07. The van der Waals surface area contributed by atoms with Gasteiger partial charge >= 0.3 is 5.97 Å². The number of ether oxygens (including phenoxy) is 1. The van der Waals surface area contributed by atoms with E-state index in [1.807, 2.05) is 42.5 Å². The van der Waals surface area contributed by atoms with E-state index in [0.29, 0.717) is 12.5 Å². The van der Waals surface area contributed by atoms with E-state index >= 15 is 0 Å². The Labute approximate surface area is 125 Å². The zero-order valence-corrected chi connectivity index (χ0v) is 12.4. The van der Waals surface area contributed by atoms with Crippen molar-refractivity contribution in [3.63, 3.8) is 0 Å². The van der Waals surface area contributed by atoms with E-state index in [4.69, 9.17) is 9.84 Å². The minimum atomic E-state index is -0.829. The molecule has 0 aromatic heterocycles. The summed E-state index contributed by atoms with van der Waals surface area (Å²) in [5.41, 5.74) is 2.94. The average Bonchev–Trinajstić information content (AvgIpc) is 2.46. The van der Waals surface area contributed by atoms with Crippen LogP contribution in [-0.2, 0) is 17.8 Å². The third kappa shape index (κ3) is 4.35. The summed E-state index contributed by atoms with van der Waals surface area (Å²) in [4.78, 5) is 10.9. The molecule has 0 fully saturated rings. The molecular formula is C18H20O3.